The minimum absolute atomic E-state index is 0.00384. The summed E-state index contributed by atoms with van der Waals surface area (Å²) in [4.78, 5) is 12.3. The number of aliphatic hydroxyl groups excluding tert-OH is 1. The van der Waals surface area contributed by atoms with Crippen LogP contribution in [-0.4, -0.2) is 27.9 Å². The molecule has 0 aliphatic carbocycles. The second kappa shape index (κ2) is 7.51. The van der Waals surface area contributed by atoms with Crippen molar-refractivity contribution in [2.45, 2.75) is 0 Å². The number of nitrogens with zero attached hydrogens (tertiary/aromatic N) is 3. The Morgan fingerprint density at radius 3 is 2.80 bits per heavy atom. The van der Waals surface area contributed by atoms with Gasteiger partial charge in [-0.25, -0.2) is 4.98 Å². The normalized spacial score (nSPS) is 12.2. The number of nitrogens with one attached hydrogen (secondary N) is 1. The number of aromatic amines is 1. The van der Waals surface area contributed by atoms with Crippen LogP contribution in [0.15, 0.2) is 59.4 Å². The molecule has 0 atom stereocenters. The fourth-order valence-electron chi connectivity index (χ4n) is 2.17. The van der Waals surface area contributed by atoms with Gasteiger partial charge < -0.3 is 14.9 Å². The summed E-state index contributed by atoms with van der Waals surface area (Å²) in [5.41, 5.74) is 2.17. The van der Waals surface area contributed by atoms with Crippen molar-refractivity contribution < 1.29 is 9.94 Å². The first-order valence-electron chi connectivity index (χ1n) is 7.36. The number of fused-ring (bicyclic) bond motifs is 1. The topological polar surface area (TPSA) is 94.3 Å². The molecule has 0 spiro atoms. The van der Waals surface area contributed by atoms with Gasteiger partial charge in [-0.3, -0.25) is 0 Å². The van der Waals surface area contributed by atoms with Crippen LogP contribution in [0.4, 0.5) is 0 Å². The minimum Gasteiger partial charge on any atom is -0.507 e. The number of aromatic nitrogens is 2. The number of benzene rings is 2. The van der Waals surface area contributed by atoms with Gasteiger partial charge in [0, 0.05) is 10.6 Å². The predicted molar refractivity (Wildman–Crippen MR) is 96.3 cm³/mol. The predicted octanol–water partition coefficient (Wildman–Crippen LogP) is 4.06. The van der Waals surface area contributed by atoms with E-state index in [9.17, 15) is 10.4 Å². The number of rotatable bonds is 5. The average molecular weight is 353 g/mol. The number of nitriles is 1. The minimum atomic E-state index is -0.266. The van der Waals surface area contributed by atoms with E-state index in [0.29, 0.717) is 16.1 Å². The van der Waals surface area contributed by atoms with Gasteiger partial charge in [0.15, 0.2) is 18.2 Å². The van der Waals surface area contributed by atoms with Crippen LogP contribution >= 0.6 is 11.6 Å². The molecule has 2 N–H and O–H groups in total. The highest BCUT2D eigenvalue weighted by Gasteiger charge is 2.13. The summed E-state index contributed by atoms with van der Waals surface area (Å²) < 4.78 is 0. The van der Waals surface area contributed by atoms with Crippen LogP contribution in [0.5, 0.6) is 0 Å². The molecule has 124 valence electrons. The largest absolute Gasteiger partial charge is 0.507 e. The Kier molecular flexibility index (Phi) is 4.97. The summed E-state index contributed by atoms with van der Waals surface area (Å²) in [7, 11) is 0. The number of para-hydroxylation sites is 2. The summed E-state index contributed by atoms with van der Waals surface area (Å²) in [5, 5.41) is 23.7. The first kappa shape index (κ1) is 16.6. The molecular weight excluding hydrogens is 340 g/mol. The molecule has 0 saturated heterocycles. The van der Waals surface area contributed by atoms with Crippen molar-refractivity contribution >= 4 is 34.4 Å². The maximum Gasteiger partial charge on any atom is 0.175 e. The van der Waals surface area contributed by atoms with Gasteiger partial charge in [-0.1, -0.05) is 47.1 Å². The Balaban J connectivity index is 1.74. The van der Waals surface area contributed by atoms with E-state index >= 15 is 0 Å². The maximum atomic E-state index is 10.1. The first-order valence-corrected chi connectivity index (χ1v) is 7.74. The first-order chi connectivity index (χ1) is 12.2. The second-order valence-electron chi connectivity index (χ2n) is 5.07. The van der Waals surface area contributed by atoms with Crippen molar-refractivity contribution in [2.75, 3.05) is 6.61 Å². The molecule has 6 nitrogen and oxygen atoms in total. The van der Waals surface area contributed by atoms with E-state index in [1.54, 1.807) is 12.1 Å². The summed E-state index contributed by atoms with van der Waals surface area (Å²) in [6.07, 6.45) is 1.43. The number of H-pyrrole nitrogens is 1. The Morgan fingerprint density at radius 2 is 2.04 bits per heavy atom. The molecule has 3 aromatic rings. The van der Waals surface area contributed by atoms with Gasteiger partial charge in [-0.05, 0) is 18.2 Å². The van der Waals surface area contributed by atoms with Gasteiger partial charge in [0.25, 0.3) is 0 Å². The van der Waals surface area contributed by atoms with Crippen LogP contribution in [0, 0.1) is 11.3 Å². The standard InChI is InChI=1S/C18H13ClN4O2/c19-14-6-2-1-5-12(14)10-21-25-11-17(24)13(9-20)18-22-15-7-3-4-8-16(15)23-18/h1-8,10,24H,11H2,(H,22,23). The van der Waals surface area contributed by atoms with Gasteiger partial charge >= 0.3 is 0 Å². The Labute approximate surface area is 148 Å². The zero-order valence-electron chi connectivity index (χ0n) is 13.0. The van der Waals surface area contributed by atoms with Gasteiger partial charge in [-0.15, -0.1) is 0 Å². The summed E-state index contributed by atoms with van der Waals surface area (Å²) >= 11 is 6.00. The van der Waals surface area contributed by atoms with Gasteiger partial charge in [0.1, 0.15) is 11.6 Å². The van der Waals surface area contributed by atoms with E-state index in [0.717, 1.165) is 5.52 Å². The van der Waals surface area contributed by atoms with E-state index in [-0.39, 0.29) is 23.8 Å². The van der Waals surface area contributed by atoms with Crippen molar-refractivity contribution in [1.29, 1.82) is 5.26 Å². The van der Waals surface area contributed by atoms with Crippen LogP contribution in [0.1, 0.15) is 11.4 Å². The lowest BCUT2D eigenvalue weighted by Crippen LogP contribution is -1.99. The molecule has 0 unspecified atom stereocenters. The molecule has 1 aromatic heterocycles. The zero-order valence-corrected chi connectivity index (χ0v) is 13.7. The highest BCUT2D eigenvalue weighted by atomic mass is 35.5. The van der Waals surface area contributed by atoms with E-state index in [1.807, 2.05) is 42.5 Å². The number of hydrogen-bond acceptors (Lipinski definition) is 5. The third kappa shape index (κ3) is 3.79. The number of aliphatic hydroxyl groups is 1. The molecule has 0 aliphatic rings. The van der Waals surface area contributed by atoms with Crippen LogP contribution in [-0.2, 0) is 4.84 Å². The summed E-state index contributed by atoms with van der Waals surface area (Å²) in [6, 6.07) is 16.4. The van der Waals surface area contributed by atoms with Crippen molar-refractivity contribution in [2.24, 2.45) is 5.16 Å². The zero-order chi connectivity index (χ0) is 17.6. The van der Waals surface area contributed by atoms with Gasteiger partial charge in [-0.2, -0.15) is 5.26 Å². The molecule has 2 aromatic carbocycles. The number of oxime groups is 1. The smallest absolute Gasteiger partial charge is 0.175 e. The van der Waals surface area contributed by atoms with Crippen LogP contribution < -0.4 is 0 Å². The van der Waals surface area contributed by atoms with E-state index in [1.165, 1.54) is 6.21 Å². The number of halogens is 1. The summed E-state index contributed by atoms with van der Waals surface area (Å²) in [5.74, 6) is 0.0118. The van der Waals surface area contributed by atoms with Gasteiger partial charge in [0.2, 0.25) is 0 Å². The molecule has 25 heavy (non-hydrogen) atoms. The van der Waals surface area contributed by atoms with Crippen LogP contribution in [0.2, 0.25) is 5.02 Å². The molecule has 1 heterocycles. The molecular formula is C18H13ClN4O2. The van der Waals surface area contributed by atoms with Crippen LogP contribution in [0.25, 0.3) is 16.6 Å². The molecule has 7 heteroatoms. The fraction of sp³-hybridized carbons (Fsp3) is 0.0556. The molecule has 0 radical (unpaired) electrons. The lowest BCUT2D eigenvalue weighted by Gasteiger charge is -2.01. The van der Waals surface area contributed by atoms with Crippen LogP contribution in [0.3, 0.4) is 0 Å². The fourth-order valence-corrected chi connectivity index (χ4v) is 2.35. The molecule has 0 saturated carbocycles. The Bertz CT molecular complexity index is 968. The van der Waals surface area contributed by atoms with Crippen molar-refractivity contribution in [3.63, 3.8) is 0 Å². The molecule has 0 bridgehead atoms. The lowest BCUT2D eigenvalue weighted by atomic mass is 10.2. The van der Waals surface area contributed by atoms with Crippen molar-refractivity contribution in [1.82, 2.24) is 9.97 Å². The second-order valence-corrected chi connectivity index (χ2v) is 5.47. The van der Waals surface area contributed by atoms with E-state index in [2.05, 4.69) is 15.1 Å². The average Bonchev–Trinajstić information content (AvgIpc) is 3.04. The molecule has 0 fully saturated rings. The molecule has 3 rings (SSSR count). The van der Waals surface area contributed by atoms with E-state index in [4.69, 9.17) is 16.4 Å². The number of allylic oxidation sites excluding steroid dienone is 1. The third-order valence-electron chi connectivity index (χ3n) is 3.40. The van der Waals surface area contributed by atoms with Crippen molar-refractivity contribution in [3.05, 3.63) is 70.7 Å². The molecule has 0 amide bonds. The Hall–Kier alpha value is -3.30. The molecule has 0 aliphatic heterocycles. The number of hydrogen-bond donors (Lipinski definition) is 2. The monoisotopic (exact) mass is 352 g/mol. The highest BCUT2D eigenvalue weighted by Crippen LogP contribution is 2.19. The lowest BCUT2D eigenvalue weighted by molar-refractivity contribution is 0.139. The maximum absolute atomic E-state index is 10.1. The van der Waals surface area contributed by atoms with Crippen molar-refractivity contribution in [3.8, 4) is 6.07 Å². The SMILES string of the molecule is N#CC(=C(O)CON=Cc1ccccc1Cl)c1nc2ccccc2[nH]1. The Morgan fingerprint density at radius 1 is 1.28 bits per heavy atom. The van der Waals surface area contributed by atoms with Gasteiger partial charge in [0.05, 0.1) is 17.2 Å². The summed E-state index contributed by atoms with van der Waals surface area (Å²) in [6.45, 7) is -0.263. The highest BCUT2D eigenvalue weighted by molar-refractivity contribution is 6.33. The third-order valence-corrected chi connectivity index (χ3v) is 3.74. The quantitative estimate of drug-likeness (QED) is 0.313. The van der Waals surface area contributed by atoms with E-state index < -0.39 is 0 Å². The number of imidazole rings is 1.